The first-order valence-corrected chi connectivity index (χ1v) is 10.9. The Morgan fingerprint density at radius 3 is 2.35 bits per heavy atom. The number of rotatable bonds is 5. The molecule has 2 aromatic rings. The quantitative estimate of drug-likeness (QED) is 0.774. The fourth-order valence-corrected chi connectivity index (χ4v) is 4.28. The lowest BCUT2D eigenvalue weighted by molar-refractivity contribution is -0.148. The molecule has 2 aliphatic rings. The van der Waals surface area contributed by atoms with Crippen LogP contribution in [-0.2, 0) is 9.59 Å². The van der Waals surface area contributed by atoms with E-state index in [-0.39, 0.29) is 17.7 Å². The van der Waals surface area contributed by atoms with Crippen LogP contribution in [0.3, 0.4) is 0 Å². The van der Waals surface area contributed by atoms with Crippen molar-refractivity contribution in [2.24, 2.45) is 5.92 Å². The zero-order valence-corrected chi connectivity index (χ0v) is 18.1. The third-order valence-electron chi connectivity index (χ3n) is 6.22. The summed E-state index contributed by atoms with van der Waals surface area (Å²) in [5.74, 6) is 0.209. The van der Waals surface area contributed by atoms with E-state index in [4.69, 9.17) is 0 Å². The summed E-state index contributed by atoms with van der Waals surface area (Å²) in [5.41, 5.74) is 1.76. The minimum Gasteiger partial charge on any atom is -0.381 e. The van der Waals surface area contributed by atoms with Crippen LogP contribution in [0.1, 0.15) is 38.2 Å². The van der Waals surface area contributed by atoms with E-state index in [2.05, 4.69) is 27.3 Å². The Balaban J connectivity index is 1.26. The maximum Gasteiger partial charge on any atom is 0.253 e. The van der Waals surface area contributed by atoms with Gasteiger partial charge in [0, 0.05) is 38.1 Å². The molecule has 2 N–H and O–H groups in total. The summed E-state index contributed by atoms with van der Waals surface area (Å²) in [6, 6.07) is 12.0. The first kappa shape index (κ1) is 21.3. The van der Waals surface area contributed by atoms with Gasteiger partial charge in [-0.25, -0.2) is 0 Å². The number of nitrogens with one attached hydrogen (secondary N) is 1. The van der Waals surface area contributed by atoms with Crippen LogP contribution in [0.5, 0.6) is 0 Å². The third kappa shape index (κ3) is 4.88. The van der Waals surface area contributed by atoms with Crippen molar-refractivity contribution in [1.82, 2.24) is 9.88 Å². The summed E-state index contributed by atoms with van der Waals surface area (Å²) in [5, 5.41) is 12.9. The SMILES string of the molecule is CC(C)(O)C(=O)N1CCC(c2ccc(NC(=O)C3CN(c4cccnc4)C3)cc2)CC1. The molecular formula is C24H30N4O3. The molecule has 1 aromatic heterocycles. The molecule has 3 heterocycles. The molecule has 0 bridgehead atoms. The summed E-state index contributed by atoms with van der Waals surface area (Å²) in [6.07, 6.45) is 5.31. The van der Waals surface area contributed by atoms with E-state index < -0.39 is 5.60 Å². The van der Waals surface area contributed by atoms with Gasteiger partial charge in [0.2, 0.25) is 5.91 Å². The average Bonchev–Trinajstić information content (AvgIpc) is 2.73. The maximum absolute atomic E-state index is 12.5. The van der Waals surface area contributed by atoms with Crippen molar-refractivity contribution in [2.75, 3.05) is 36.4 Å². The Bertz CT molecular complexity index is 910. The highest BCUT2D eigenvalue weighted by molar-refractivity contribution is 5.94. The molecular weight excluding hydrogens is 392 g/mol. The van der Waals surface area contributed by atoms with Crippen molar-refractivity contribution in [3.05, 3.63) is 54.4 Å². The second-order valence-corrected chi connectivity index (χ2v) is 9.05. The molecule has 31 heavy (non-hydrogen) atoms. The van der Waals surface area contributed by atoms with Crippen LogP contribution in [0.2, 0.25) is 0 Å². The lowest BCUT2D eigenvalue weighted by Gasteiger charge is -2.39. The zero-order valence-electron chi connectivity index (χ0n) is 18.1. The lowest BCUT2D eigenvalue weighted by Crippen LogP contribution is -2.52. The second kappa shape index (κ2) is 8.67. The topological polar surface area (TPSA) is 85.8 Å². The van der Waals surface area contributed by atoms with Crippen LogP contribution in [0, 0.1) is 5.92 Å². The fourth-order valence-electron chi connectivity index (χ4n) is 4.28. The van der Waals surface area contributed by atoms with Crippen molar-refractivity contribution < 1.29 is 14.7 Å². The molecule has 0 unspecified atom stereocenters. The first-order chi connectivity index (χ1) is 14.8. The number of hydrogen-bond acceptors (Lipinski definition) is 5. The molecule has 7 heteroatoms. The predicted molar refractivity (Wildman–Crippen MR) is 120 cm³/mol. The number of aliphatic hydroxyl groups is 1. The molecule has 0 atom stereocenters. The molecule has 7 nitrogen and oxygen atoms in total. The lowest BCUT2D eigenvalue weighted by atomic mass is 9.88. The molecule has 2 amide bonds. The number of aromatic nitrogens is 1. The van der Waals surface area contributed by atoms with E-state index in [9.17, 15) is 14.7 Å². The van der Waals surface area contributed by atoms with Gasteiger partial charge < -0.3 is 20.2 Å². The third-order valence-corrected chi connectivity index (χ3v) is 6.22. The van der Waals surface area contributed by atoms with Crippen molar-refractivity contribution in [2.45, 2.75) is 38.2 Å². The normalized spacial score (nSPS) is 17.9. The predicted octanol–water partition coefficient (Wildman–Crippen LogP) is 2.63. The number of carbonyl (C=O) groups is 2. The standard InChI is InChI=1S/C24H30N4O3/c1-24(2,31)23(30)27-12-9-18(10-13-27)17-5-7-20(8-6-17)26-22(29)19-15-28(16-19)21-4-3-11-25-14-21/h3-8,11,14,18-19,31H,9-10,12-13,15-16H2,1-2H3,(H,26,29). The number of carbonyl (C=O) groups excluding carboxylic acids is 2. The second-order valence-electron chi connectivity index (χ2n) is 9.05. The molecule has 0 saturated carbocycles. The van der Waals surface area contributed by atoms with E-state index in [1.807, 2.05) is 30.5 Å². The van der Waals surface area contributed by atoms with Gasteiger partial charge in [-0.15, -0.1) is 0 Å². The molecule has 2 aliphatic heterocycles. The average molecular weight is 423 g/mol. The number of benzene rings is 1. The van der Waals surface area contributed by atoms with Crippen LogP contribution in [-0.4, -0.2) is 58.6 Å². The van der Waals surface area contributed by atoms with Crippen molar-refractivity contribution >= 4 is 23.2 Å². The summed E-state index contributed by atoms with van der Waals surface area (Å²) in [6.45, 7) is 5.79. The highest BCUT2D eigenvalue weighted by atomic mass is 16.3. The number of pyridine rings is 1. The molecule has 1 aromatic carbocycles. The summed E-state index contributed by atoms with van der Waals surface area (Å²) in [4.78, 5) is 32.8. The Morgan fingerprint density at radius 1 is 1.10 bits per heavy atom. The summed E-state index contributed by atoms with van der Waals surface area (Å²) >= 11 is 0. The highest BCUT2D eigenvalue weighted by Gasteiger charge is 2.34. The molecule has 164 valence electrons. The van der Waals surface area contributed by atoms with Crippen molar-refractivity contribution in [3.8, 4) is 0 Å². The first-order valence-electron chi connectivity index (χ1n) is 10.9. The monoisotopic (exact) mass is 422 g/mol. The van der Waals surface area contributed by atoms with E-state index in [0.29, 0.717) is 32.1 Å². The Hall–Kier alpha value is -2.93. The van der Waals surface area contributed by atoms with Gasteiger partial charge in [0.25, 0.3) is 5.91 Å². The molecule has 0 radical (unpaired) electrons. The molecule has 0 aliphatic carbocycles. The number of nitrogens with zero attached hydrogens (tertiary/aromatic N) is 3. The van der Waals surface area contributed by atoms with E-state index in [1.165, 1.54) is 19.4 Å². The number of piperidine rings is 1. The van der Waals surface area contributed by atoms with Gasteiger partial charge in [0.05, 0.1) is 17.8 Å². The number of amides is 2. The van der Waals surface area contributed by atoms with Crippen molar-refractivity contribution in [1.29, 1.82) is 0 Å². The summed E-state index contributed by atoms with van der Waals surface area (Å²) < 4.78 is 0. The molecule has 2 saturated heterocycles. The maximum atomic E-state index is 12.5. The van der Waals surface area contributed by atoms with Gasteiger partial charge in [-0.2, -0.15) is 0 Å². The smallest absolute Gasteiger partial charge is 0.253 e. The van der Waals surface area contributed by atoms with Crippen LogP contribution in [0.15, 0.2) is 48.8 Å². The van der Waals surface area contributed by atoms with Gasteiger partial charge in [0.15, 0.2) is 0 Å². The number of hydrogen-bond donors (Lipinski definition) is 2. The Labute approximate surface area is 183 Å². The minimum absolute atomic E-state index is 0.0162. The van der Waals surface area contributed by atoms with Crippen LogP contribution >= 0.6 is 0 Å². The minimum atomic E-state index is -1.32. The van der Waals surface area contributed by atoms with Crippen LogP contribution < -0.4 is 10.2 Å². The Kier molecular flexibility index (Phi) is 5.96. The highest BCUT2D eigenvalue weighted by Crippen LogP contribution is 2.30. The Morgan fingerprint density at radius 2 is 1.77 bits per heavy atom. The van der Waals surface area contributed by atoms with E-state index in [0.717, 1.165) is 24.2 Å². The van der Waals surface area contributed by atoms with Gasteiger partial charge in [-0.05, 0) is 62.4 Å². The van der Waals surface area contributed by atoms with E-state index >= 15 is 0 Å². The van der Waals surface area contributed by atoms with Crippen LogP contribution in [0.4, 0.5) is 11.4 Å². The van der Waals surface area contributed by atoms with Gasteiger partial charge in [0.1, 0.15) is 5.60 Å². The van der Waals surface area contributed by atoms with E-state index in [1.54, 1.807) is 11.1 Å². The number of likely N-dealkylation sites (tertiary alicyclic amines) is 1. The largest absolute Gasteiger partial charge is 0.381 e. The zero-order chi connectivity index (χ0) is 22.0. The van der Waals surface area contributed by atoms with Gasteiger partial charge >= 0.3 is 0 Å². The van der Waals surface area contributed by atoms with Gasteiger partial charge in [-0.3, -0.25) is 14.6 Å². The van der Waals surface area contributed by atoms with Crippen molar-refractivity contribution in [3.63, 3.8) is 0 Å². The van der Waals surface area contributed by atoms with Crippen LogP contribution in [0.25, 0.3) is 0 Å². The molecule has 4 rings (SSSR count). The number of anilines is 2. The fraction of sp³-hybridized carbons (Fsp3) is 0.458. The summed E-state index contributed by atoms with van der Waals surface area (Å²) in [7, 11) is 0. The molecule has 0 spiro atoms. The van der Waals surface area contributed by atoms with Gasteiger partial charge in [-0.1, -0.05) is 12.1 Å². The molecule has 2 fully saturated rings.